The van der Waals surface area contributed by atoms with Gasteiger partial charge in [-0.2, -0.15) is 0 Å². The minimum Gasteiger partial charge on any atom is -0.356 e. The molecular formula is C19H31FIN3O2S. The van der Waals surface area contributed by atoms with Gasteiger partial charge in [-0.3, -0.25) is 4.99 Å². The predicted molar refractivity (Wildman–Crippen MR) is 120 cm³/mol. The second-order valence-electron chi connectivity index (χ2n) is 8.11. The van der Waals surface area contributed by atoms with Gasteiger partial charge in [0.2, 0.25) is 0 Å². The molecule has 1 aliphatic carbocycles. The summed E-state index contributed by atoms with van der Waals surface area (Å²) < 4.78 is 36.2. The van der Waals surface area contributed by atoms with E-state index in [2.05, 4.69) is 15.6 Å². The first kappa shape index (κ1) is 24.1. The largest absolute Gasteiger partial charge is 0.356 e. The molecule has 0 radical (unpaired) electrons. The van der Waals surface area contributed by atoms with Gasteiger partial charge in [0.1, 0.15) is 15.7 Å². The van der Waals surface area contributed by atoms with Crippen LogP contribution >= 0.6 is 24.0 Å². The van der Waals surface area contributed by atoms with Crippen LogP contribution in [0.25, 0.3) is 0 Å². The third kappa shape index (κ3) is 7.93. The molecule has 0 heterocycles. The fourth-order valence-electron chi connectivity index (χ4n) is 2.88. The molecular weight excluding hydrogens is 480 g/mol. The van der Waals surface area contributed by atoms with Gasteiger partial charge in [0.15, 0.2) is 5.96 Å². The lowest BCUT2D eigenvalue weighted by atomic mass is 9.90. The molecule has 8 heteroatoms. The molecule has 1 aromatic rings. The molecule has 1 saturated carbocycles. The summed E-state index contributed by atoms with van der Waals surface area (Å²) in [5, 5.41) is 6.61. The molecule has 0 bridgehead atoms. The summed E-state index contributed by atoms with van der Waals surface area (Å²) in [4.78, 5) is 4.24. The minimum atomic E-state index is -2.96. The average Bonchev–Trinajstić information content (AvgIpc) is 3.34. The van der Waals surface area contributed by atoms with Gasteiger partial charge in [0.05, 0.1) is 5.75 Å². The lowest BCUT2D eigenvalue weighted by molar-refractivity contribution is 0.348. The Kier molecular flexibility index (Phi) is 8.53. The number of benzene rings is 1. The van der Waals surface area contributed by atoms with E-state index in [4.69, 9.17) is 0 Å². The van der Waals surface area contributed by atoms with Gasteiger partial charge in [-0.1, -0.05) is 26.0 Å². The van der Waals surface area contributed by atoms with Crippen LogP contribution in [0.2, 0.25) is 0 Å². The number of guanidine groups is 1. The Hall–Kier alpha value is -0.900. The number of nitrogens with zero attached hydrogens (tertiary/aromatic N) is 1. The summed E-state index contributed by atoms with van der Waals surface area (Å²) in [6.07, 6.45) is 3.90. The normalized spacial score (nSPS) is 16.4. The molecule has 1 aromatic carbocycles. The summed E-state index contributed by atoms with van der Waals surface area (Å²) in [5.74, 6) is 0.653. The summed E-state index contributed by atoms with van der Waals surface area (Å²) in [6, 6.07) is 6.80. The van der Waals surface area contributed by atoms with Gasteiger partial charge in [0, 0.05) is 31.8 Å². The molecule has 0 saturated heterocycles. The van der Waals surface area contributed by atoms with Crippen LogP contribution in [0.3, 0.4) is 0 Å². The van der Waals surface area contributed by atoms with Crippen molar-refractivity contribution in [3.63, 3.8) is 0 Å². The van der Waals surface area contributed by atoms with Crippen molar-refractivity contribution in [3.8, 4) is 0 Å². The zero-order valence-electron chi connectivity index (χ0n) is 16.5. The number of rotatable bonds is 8. The molecule has 0 spiro atoms. The number of hydrogen-bond acceptors (Lipinski definition) is 3. The first-order chi connectivity index (χ1) is 12.1. The van der Waals surface area contributed by atoms with Crippen LogP contribution in [-0.2, 0) is 15.3 Å². The van der Waals surface area contributed by atoms with Crippen molar-refractivity contribution < 1.29 is 12.8 Å². The highest BCUT2D eigenvalue weighted by Crippen LogP contribution is 2.47. The van der Waals surface area contributed by atoms with Crippen molar-refractivity contribution in [3.05, 3.63) is 35.6 Å². The van der Waals surface area contributed by atoms with Crippen LogP contribution in [-0.4, -0.2) is 46.5 Å². The van der Waals surface area contributed by atoms with E-state index in [1.807, 2.05) is 19.9 Å². The topological polar surface area (TPSA) is 70.6 Å². The Labute approximate surface area is 179 Å². The van der Waals surface area contributed by atoms with Crippen LogP contribution in [0.15, 0.2) is 29.3 Å². The van der Waals surface area contributed by atoms with E-state index in [1.54, 1.807) is 19.2 Å². The van der Waals surface area contributed by atoms with Crippen LogP contribution in [0.5, 0.6) is 0 Å². The van der Waals surface area contributed by atoms with Crippen molar-refractivity contribution in [2.75, 3.05) is 32.1 Å². The zero-order valence-corrected chi connectivity index (χ0v) is 19.7. The van der Waals surface area contributed by atoms with Gasteiger partial charge in [-0.05, 0) is 42.4 Å². The molecule has 0 unspecified atom stereocenters. The van der Waals surface area contributed by atoms with Gasteiger partial charge in [0.25, 0.3) is 0 Å². The van der Waals surface area contributed by atoms with Crippen molar-refractivity contribution >= 4 is 39.8 Å². The van der Waals surface area contributed by atoms with E-state index in [-0.39, 0.29) is 46.4 Å². The number of aliphatic imine (C=N–C) groups is 1. The number of hydrogen-bond donors (Lipinski definition) is 2. The molecule has 154 valence electrons. The third-order valence-corrected chi connectivity index (χ3v) is 5.94. The summed E-state index contributed by atoms with van der Waals surface area (Å²) in [7, 11) is -1.25. The molecule has 0 aromatic heterocycles. The Morgan fingerprint density at radius 3 is 2.48 bits per heavy atom. The summed E-state index contributed by atoms with van der Waals surface area (Å²) >= 11 is 0. The maximum atomic E-state index is 13.5. The molecule has 0 amide bonds. The van der Waals surface area contributed by atoms with E-state index in [1.165, 1.54) is 12.3 Å². The minimum absolute atomic E-state index is 0. The van der Waals surface area contributed by atoms with Gasteiger partial charge >= 0.3 is 0 Å². The van der Waals surface area contributed by atoms with Gasteiger partial charge in [-0.15, -0.1) is 24.0 Å². The van der Waals surface area contributed by atoms with Crippen LogP contribution in [0.1, 0.15) is 38.7 Å². The highest BCUT2D eigenvalue weighted by atomic mass is 127. The monoisotopic (exact) mass is 511 g/mol. The maximum absolute atomic E-state index is 13.5. The first-order valence-corrected chi connectivity index (χ1v) is 11.0. The standard InChI is InChI=1S/C19H30FN3O2S.HI/c1-18(2,10-11-26(4,24)25)13-22-17(21-3)23-14-19(8-9-19)15-6-5-7-16(20)12-15;/h5-7,12H,8-11,13-14H2,1-4H3,(H2,21,22,23);1H. The fraction of sp³-hybridized carbons (Fsp3) is 0.632. The van der Waals surface area contributed by atoms with Crippen molar-refractivity contribution in [2.45, 2.75) is 38.5 Å². The molecule has 27 heavy (non-hydrogen) atoms. The van der Waals surface area contributed by atoms with E-state index in [0.29, 0.717) is 25.5 Å². The second kappa shape index (κ2) is 9.54. The average molecular weight is 511 g/mol. The molecule has 0 aliphatic heterocycles. The second-order valence-corrected chi connectivity index (χ2v) is 10.4. The van der Waals surface area contributed by atoms with Crippen LogP contribution < -0.4 is 10.6 Å². The molecule has 2 rings (SSSR count). The quantitative estimate of drug-likeness (QED) is 0.320. The Morgan fingerprint density at radius 2 is 1.96 bits per heavy atom. The summed E-state index contributed by atoms with van der Waals surface area (Å²) in [5.41, 5.74) is 0.834. The molecule has 0 atom stereocenters. The number of halogens is 2. The molecule has 1 aliphatic rings. The molecule has 2 N–H and O–H groups in total. The Bertz CT molecular complexity index is 762. The predicted octanol–water partition coefficient (Wildman–Crippen LogP) is 3.10. The van der Waals surface area contributed by atoms with Crippen LogP contribution in [0.4, 0.5) is 4.39 Å². The van der Waals surface area contributed by atoms with E-state index < -0.39 is 9.84 Å². The highest BCUT2D eigenvalue weighted by Gasteiger charge is 2.44. The van der Waals surface area contributed by atoms with E-state index in [0.717, 1.165) is 18.4 Å². The van der Waals surface area contributed by atoms with Gasteiger partial charge < -0.3 is 10.6 Å². The summed E-state index contributed by atoms with van der Waals surface area (Å²) in [6.45, 7) is 5.39. The smallest absolute Gasteiger partial charge is 0.191 e. The maximum Gasteiger partial charge on any atom is 0.191 e. The van der Waals surface area contributed by atoms with E-state index in [9.17, 15) is 12.8 Å². The SMILES string of the molecule is CN=C(NCC(C)(C)CCS(C)(=O)=O)NCC1(c2cccc(F)c2)CC1.I. The van der Waals surface area contributed by atoms with E-state index >= 15 is 0 Å². The van der Waals surface area contributed by atoms with Crippen molar-refractivity contribution in [2.24, 2.45) is 10.4 Å². The van der Waals surface area contributed by atoms with Gasteiger partial charge in [-0.25, -0.2) is 12.8 Å². The van der Waals surface area contributed by atoms with Crippen molar-refractivity contribution in [1.82, 2.24) is 10.6 Å². The third-order valence-electron chi connectivity index (χ3n) is 4.99. The Balaban J connectivity index is 0.00000364. The lowest BCUT2D eigenvalue weighted by Crippen LogP contribution is -2.44. The Morgan fingerprint density at radius 1 is 1.30 bits per heavy atom. The molecule has 5 nitrogen and oxygen atoms in total. The fourth-order valence-corrected chi connectivity index (χ4v) is 3.81. The highest BCUT2D eigenvalue weighted by molar-refractivity contribution is 14.0. The molecule has 1 fully saturated rings. The lowest BCUT2D eigenvalue weighted by Gasteiger charge is -2.26. The van der Waals surface area contributed by atoms with Crippen molar-refractivity contribution in [1.29, 1.82) is 0 Å². The first-order valence-electron chi connectivity index (χ1n) is 8.94. The number of sulfone groups is 1. The zero-order chi connectivity index (χ0) is 19.4. The number of nitrogens with one attached hydrogen (secondary N) is 2. The van der Waals surface area contributed by atoms with Crippen LogP contribution in [0, 0.1) is 11.2 Å².